The zero-order valence-electron chi connectivity index (χ0n) is 15.2. The van der Waals surface area contributed by atoms with Crippen LogP contribution in [0.5, 0.6) is 0 Å². The number of carbonyl (C=O) groups excluding carboxylic acids is 2. The van der Waals surface area contributed by atoms with E-state index < -0.39 is 21.5 Å². The summed E-state index contributed by atoms with van der Waals surface area (Å²) in [6, 6.07) is 11.6. The molecule has 2 aromatic rings. The van der Waals surface area contributed by atoms with Crippen molar-refractivity contribution in [1.29, 1.82) is 0 Å². The Morgan fingerprint density at radius 1 is 0.885 bits per heavy atom. The summed E-state index contributed by atoms with van der Waals surface area (Å²) in [7, 11) is -3.95. The fourth-order valence-electron chi connectivity index (χ4n) is 2.19. The minimum absolute atomic E-state index is 0.00405. The number of carbonyl (C=O) groups is 2. The van der Waals surface area contributed by atoms with Crippen LogP contribution in [0.1, 0.15) is 36.7 Å². The molecule has 0 atom stereocenters. The van der Waals surface area contributed by atoms with Crippen molar-refractivity contribution in [3.8, 4) is 0 Å². The quantitative estimate of drug-likeness (QED) is 0.798. The number of rotatable bonds is 4. The second-order valence-electron chi connectivity index (χ2n) is 7.03. The Bertz CT molecular complexity index is 910. The lowest BCUT2D eigenvalue weighted by Crippen LogP contribution is -2.34. The normalized spacial score (nSPS) is 11.7. The molecule has 0 saturated carbocycles. The second kappa shape index (κ2) is 7.29. The number of amides is 2. The van der Waals surface area contributed by atoms with Crippen LogP contribution in [0.25, 0.3) is 0 Å². The van der Waals surface area contributed by atoms with Gasteiger partial charge < -0.3 is 5.32 Å². The Labute approximate surface area is 153 Å². The number of nitrogens with one attached hydrogen (secondary N) is 2. The number of hydrogen-bond acceptors (Lipinski definition) is 4. The maximum Gasteiger partial charge on any atom is 0.333 e. The van der Waals surface area contributed by atoms with E-state index in [1.807, 2.05) is 32.4 Å². The fraction of sp³-hybridized carbons (Fsp3) is 0.263. The summed E-state index contributed by atoms with van der Waals surface area (Å²) in [5.74, 6) is -0.0181. The molecule has 0 aromatic heterocycles. The molecule has 2 rings (SSSR count). The van der Waals surface area contributed by atoms with E-state index in [0.717, 1.165) is 5.56 Å². The van der Waals surface area contributed by atoms with Crippen LogP contribution < -0.4 is 10.0 Å². The molecule has 0 aliphatic carbocycles. The molecule has 0 radical (unpaired) electrons. The molecule has 2 amide bonds. The first-order valence-electron chi connectivity index (χ1n) is 8.04. The highest BCUT2D eigenvalue weighted by atomic mass is 32.2. The third-order valence-corrected chi connectivity index (χ3v) is 4.99. The standard InChI is InChI=1S/C19H22N2O4S/c1-13-5-11-16(12-6-13)26(24,25)21-18(23)20-15-9-7-14(8-10-15)17(22)19(2,3)4/h5-12H,1-4H3,(H2,20,21,23). The first-order valence-corrected chi connectivity index (χ1v) is 9.53. The monoisotopic (exact) mass is 374 g/mol. The van der Waals surface area contributed by atoms with Gasteiger partial charge in [-0.15, -0.1) is 0 Å². The third-order valence-electron chi connectivity index (χ3n) is 3.64. The van der Waals surface area contributed by atoms with Gasteiger partial charge >= 0.3 is 6.03 Å². The van der Waals surface area contributed by atoms with Crippen LogP contribution in [0.3, 0.4) is 0 Å². The Morgan fingerprint density at radius 2 is 1.42 bits per heavy atom. The van der Waals surface area contributed by atoms with Gasteiger partial charge in [0.15, 0.2) is 5.78 Å². The highest BCUT2D eigenvalue weighted by molar-refractivity contribution is 7.90. The minimum Gasteiger partial charge on any atom is -0.307 e. The van der Waals surface area contributed by atoms with Crippen molar-refractivity contribution >= 4 is 27.5 Å². The Kier molecular flexibility index (Phi) is 5.51. The molecule has 0 aliphatic heterocycles. The summed E-state index contributed by atoms with van der Waals surface area (Å²) < 4.78 is 26.3. The number of benzene rings is 2. The SMILES string of the molecule is Cc1ccc(S(=O)(=O)NC(=O)Nc2ccc(C(=O)C(C)(C)C)cc2)cc1. The van der Waals surface area contributed by atoms with Crippen LogP contribution in [-0.4, -0.2) is 20.2 Å². The molecule has 2 aromatic carbocycles. The van der Waals surface area contributed by atoms with Gasteiger partial charge in [0.25, 0.3) is 10.0 Å². The number of anilines is 1. The molecular formula is C19H22N2O4S. The summed E-state index contributed by atoms with van der Waals surface area (Å²) >= 11 is 0. The zero-order chi connectivity index (χ0) is 19.5. The first-order chi connectivity index (χ1) is 12.0. The van der Waals surface area contributed by atoms with Crippen LogP contribution in [-0.2, 0) is 10.0 Å². The lowest BCUT2D eigenvalue weighted by atomic mass is 9.86. The van der Waals surface area contributed by atoms with E-state index in [2.05, 4.69) is 5.32 Å². The largest absolute Gasteiger partial charge is 0.333 e. The summed E-state index contributed by atoms with van der Waals surface area (Å²) in [6.45, 7) is 7.31. The van der Waals surface area contributed by atoms with Gasteiger partial charge in [0, 0.05) is 16.7 Å². The van der Waals surface area contributed by atoms with Crippen LogP contribution in [0.4, 0.5) is 10.5 Å². The lowest BCUT2D eigenvalue weighted by Gasteiger charge is -2.16. The van der Waals surface area contributed by atoms with Crippen molar-refractivity contribution in [1.82, 2.24) is 4.72 Å². The zero-order valence-corrected chi connectivity index (χ0v) is 16.0. The molecule has 0 saturated heterocycles. The predicted octanol–water partition coefficient (Wildman–Crippen LogP) is 3.73. The lowest BCUT2D eigenvalue weighted by molar-refractivity contribution is 0.0858. The number of sulfonamides is 1. The molecule has 0 heterocycles. The average Bonchev–Trinajstić information content (AvgIpc) is 2.54. The molecule has 7 heteroatoms. The third kappa shape index (κ3) is 4.92. The summed E-state index contributed by atoms with van der Waals surface area (Å²) in [5.41, 5.74) is 1.31. The molecule has 2 N–H and O–H groups in total. The van der Waals surface area contributed by atoms with Gasteiger partial charge in [0.1, 0.15) is 0 Å². The maximum atomic E-state index is 12.2. The molecule has 0 unspecified atom stereocenters. The summed E-state index contributed by atoms with van der Waals surface area (Å²) in [5, 5.41) is 2.44. The van der Waals surface area contributed by atoms with Crippen molar-refractivity contribution in [2.75, 3.05) is 5.32 Å². The van der Waals surface area contributed by atoms with Gasteiger partial charge in [-0.3, -0.25) is 4.79 Å². The first kappa shape index (κ1) is 19.7. The Morgan fingerprint density at radius 3 is 1.92 bits per heavy atom. The fourth-order valence-corrected chi connectivity index (χ4v) is 3.10. The number of urea groups is 1. The van der Waals surface area contributed by atoms with E-state index in [-0.39, 0.29) is 10.7 Å². The van der Waals surface area contributed by atoms with E-state index in [9.17, 15) is 18.0 Å². The Hall–Kier alpha value is -2.67. The van der Waals surface area contributed by atoms with Gasteiger partial charge in [-0.2, -0.15) is 0 Å². The van der Waals surface area contributed by atoms with Crippen molar-refractivity contribution in [3.05, 3.63) is 59.7 Å². The predicted molar refractivity (Wildman–Crippen MR) is 101 cm³/mol. The number of Topliss-reactive ketones (excluding diaryl/α,β-unsaturated/α-hetero) is 1. The second-order valence-corrected chi connectivity index (χ2v) is 8.71. The van der Waals surface area contributed by atoms with Gasteiger partial charge in [0.2, 0.25) is 0 Å². The molecule has 0 aliphatic rings. The van der Waals surface area contributed by atoms with Crippen LogP contribution in [0.2, 0.25) is 0 Å². The average molecular weight is 374 g/mol. The summed E-state index contributed by atoms with van der Waals surface area (Å²) in [6.07, 6.45) is 0. The molecule has 0 bridgehead atoms. The smallest absolute Gasteiger partial charge is 0.307 e. The number of ketones is 1. The van der Waals surface area contributed by atoms with Crippen LogP contribution >= 0.6 is 0 Å². The van der Waals surface area contributed by atoms with Crippen molar-refractivity contribution in [2.45, 2.75) is 32.6 Å². The van der Waals surface area contributed by atoms with Gasteiger partial charge in [0.05, 0.1) is 4.90 Å². The molecule has 0 fully saturated rings. The topological polar surface area (TPSA) is 92.3 Å². The van der Waals surface area contributed by atoms with Crippen molar-refractivity contribution in [3.63, 3.8) is 0 Å². The molecule has 0 spiro atoms. The minimum atomic E-state index is -3.95. The highest BCUT2D eigenvalue weighted by Crippen LogP contribution is 2.22. The van der Waals surface area contributed by atoms with Gasteiger partial charge in [-0.25, -0.2) is 17.9 Å². The van der Waals surface area contributed by atoms with Gasteiger partial charge in [-0.1, -0.05) is 38.5 Å². The molecular weight excluding hydrogens is 352 g/mol. The molecule has 26 heavy (non-hydrogen) atoms. The van der Waals surface area contributed by atoms with Crippen molar-refractivity contribution < 1.29 is 18.0 Å². The van der Waals surface area contributed by atoms with Crippen molar-refractivity contribution in [2.24, 2.45) is 5.41 Å². The van der Waals surface area contributed by atoms with E-state index in [4.69, 9.17) is 0 Å². The summed E-state index contributed by atoms with van der Waals surface area (Å²) in [4.78, 5) is 24.2. The molecule has 6 nitrogen and oxygen atoms in total. The van der Waals surface area contributed by atoms with E-state index in [0.29, 0.717) is 11.3 Å². The number of aryl methyl sites for hydroxylation is 1. The maximum absolute atomic E-state index is 12.2. The van der Waals surface area contributed by atoms with E-state index >= 15 is 0 Å². The number of hydrogen-bond donors (Lipinski definition) is 2. The molecule has 138 valence electrons. The van der Waals surface area contributed by atoms with E-state index in [1.54, 1.807) is 36.4 Å². The van der Waals surface area contributed by atoms with E-state index in [1.165, 1.54) is 12.1 Å². The van der Waals surface area contributed by atoms with Crippen LogP contribution in [0.15, 0.2) is 53.4 Å². The Balaban J connectivity index is 2.06. The van der Waals surface area contributed by atoms with Gasteiger partial charge in [-0.05, 0) is 43.3 Å². The highest BCUT2D eigenvalue weighted by Gasteiger charge is 2.23. The van der Waals surface area contributed by atoms with Crippen LogP contribution in [0, 0.1) is 12.3 Å².